The van der Waals surface area contributed by atoms with E-state index >= 15 is 0 Å². The summed E-state index contributed by atoms with van der Waals surface area (Å²) in [4.78, 5) is 4.36. The van der Waals surface area contributed by atoms with Crippen LogP contribution in [-0.2, 0) is 6.61 Å². The van der Waals surface area contributed by atoms with Gasteiger partial charge in [0.15, 0.2) is 0 Å². The maximum atomic E-state index is 9.17. The Morgan fingerprint density at radius 3 is 2.93 bits per heavy atom. The number of aliphatic hydroxyl groups is 1. The van der Waals surface area contributed by atoms with Gasteiger partial charge in [0.05, 0.1) is 28.9 Å². The highest BCUT2D eigenvalue weighted by Gasteiger charge is 2.07. The van der Waals surface area contributed by atoms with Crippen molar-refractivity contribution in [3.63, 3.8) is 0 Å². The van der Waals surface area contributed by atoms with E-state index in [0.717, 1.165) is 26.5 Å². The number of aryl methyl sites for hydroxylation is 1. The first kappa shape index (κ1) is 9.43. The molecule has 2 rings (SSSR count). The second-order valence-electron chi connectivity index (χ2n) is 3.02. The van der Waals surface area contributed by atoms with Crippen LogP contribution in [0.5, 0.6) is 5.75 Å². The molecule has 1 aromatic heterocycles. The van der Waals surface area contributed by atoms with Crippen LogP contribution < -0.4 is 4.74 Å². The molecule has 0 aliphatic rings. The van der Waals surface area contributed by atoms with E-state index in [2.05, 4.69) is 4.98 Å². The van der Waals surface area contributed by atoms with Gasteiger partial charge in [-0.15, -0.1) is 11.3 Å². The number of rotatable bonds is 2. The summed E-state index contributed by atoms with van der Waals surface area (Å²) in [7, 11) is 1.62. The number of hydrogen-bond donors (Lipinski definition) is 1. The third-order valence-corrected chi connectivity index (χ3v) is 2.98. The molecule has 1 N–H and O–H groups in total. The van der Waals surface area contributed by atoms with Crippen molar-refractivity contribution in [3.8, 4) is 5.75 Å². The predicted octanol–water partition coefficient (Wildman–Crippen LogP) is 2.11. The number of methoxy groups -OCH3 is 1. The van der Waals surface area contributed by atoms with Crippen molar-refractivity contribution in [2.24, 2.45) is 0 Å². The lowest BCUT2D eigenvalue weighted by Crippen LogP contribution is -1.89. The van der Waals surface area contributed by atoms with Crippen LogP contribution in [0.2, 0.25) is 0 Å². The zero-order valence-corrected chi connectivity index (χ0v) is 8.89. The van der Waals surface area contributed by atoms with Crippen LogP contribution in [-0.4, -0.2) is 17.2 Å². The van der Waals surface area contributed by atoms with Gasteiger partial charge in [0.1, 0.15) is 5.75 Å². The van der Waals surface area contributed by atoms with Crippen LogP contribution in [0, 0.1) is 6.92 Å². The van der Waals surface area contributed by atoms with Gasteiger partial charge in [0.25, 0.3) is 0 Å². The number of fused-ring (bicyclic) bond motifs is 1. The summed E-state index contributed by atoms with van der Waals surface area (Å²) in [6.07, 6.45) is 0. The van der Waals surface area contributed by atoms with Crippen molar-refractivity contribution < 1.29 is 9.84 Å². The van der Waals surface area contributed by atoms with E-state index < -0.39 is 0 Å². The Hall–Kier alpha value is -1.13. The Labute approximate surface area is 86.0 Å². The zero-order valence-electron chi connectivity index (χ0n) is 8.07. The molecule has 0 unspecified atom stereocenters. The summed E-state index contributed by atoms with van der Waals surface area (Å²) >= 11 is 1.61. The number of benzene rings is 1. The quantitative estimate of drug-likeness (QED) is 0.823. The van der Waals surface area contributed by atoms with E-state index in [1.165, 1.54) is 0 Å². The average molecular weight is 209 g/mol. The Morgan fingerprint density at radius 2 is 2.29 bits per heavy atom. The fourth-order valence-electron chi connectivity index (χ4n) is 1.42. The number of ether oxygens (including phenoxy) is 1. The minimum atomic E-state index is -0.00310. The molecule has 0 saturated heterocycles. The van der Waals surface area contributed by atoms with Crippen LogP contribution in [0.1, 0.15) is 10.6 Å². The van der Waals surface area contributed by atoms with Gasteiger partial charge in [-0.1, -0.05) is 0 Å². The molecular weight excluding hydrogens is 198 g/mol. The summed E-state index contributed by atoms with van der Waals surface area (Å²) in [6, 6.07) is 3.76. The van der Waals surface area contributed by atoms with E-state index in [-0.39, 0.29) is 6.61 Å². The maximum absolute atomic E-state index is 9.17. The van der Waals surface area contributed by atoms with E-state index in [4.69, 9.17) is 4.74 Å². The number of hydrogen-bond acceptors (Lipinski definition) is 4. The standard InChI is InChI=1S/C10H11NO2S/c1-6-11-10-7(5-12)3-8(13-2)4-9(10)14-6/h3-4,12H,5H2,1-2H3. The lowest BCUT2D eigenvalue weighted by atomic mass is 10.2. The molecule has 0 fully saturated rings. The number of aliphatic hydroxyl groups excluding tert-OH is 1. The third-order valence-electron chi connectivity index (χ3n) is 2.06. The number of thiazole rings is 1. The van der Waals surface area contributed by atoms with Gasteiger partial charge < -0.3 is 9.84 Å². The Balaban J connectivity index is 2.72. The molecule has 0 radical (unpaired) electrons. The lowest BCUT2D eigenvalue weighted by molar-refractivity contribution is 0.282. The van der Waals surface area contributed by atoms with Gasteiger partial charge in [0, 0.05) is 5.56 Å². The molecule has 14 heavy (non-hydrogen) atoms. The SMILES string of the molecule is COc1cc(CO)c2nc(C)sc2c1. The normalized spacial score (nSPS) is 10.8. The molecule has 0 amide bonds. The summed E-state index contributed by atoms with van der Waals surface area (Å²) in [6.45, 7) is 1.95. The molecule has 0 saturated carbocycles. The molecule has 1 aromatic carbocycles. The third kappa shape index (κ3) is 1.47. The smallest absolute Gasteiger partial charge is 0.120 e. The molecule has 4 heteroatoms. The van der Waals surface area contributed by atoms with Crippen LogP contribution in [0.4, 0.5) is 0 Å². The first-order valence-corrected chi connectivity index (χ1v) is 5.11. The second kappa shape index (κ2) is 3.55. The Morgan fingerprint density at radius 1 is 1.50 bits per heavy atom. The average Bonchev–Trinajstić information content (AvgIpc) is 2.56. The number of nitrogens with zero attached hydrogens (tertiary/aromatic N) is 1. The molecule has 0 atom stereocenters. The fraction of sp³-hybridized carbons (Fsp3) is 0.300. The number of aromatic nitrogens is 1. The second-order valence-corrected chi connectivity index (χ2v) is 4.26. The fourth-order valence-corrected chi connectivity index (χ4v) is 2.32. The van der Waals surface area contributed by atoms with Crippen molar-refractivity contribution in [3.05, 3.63) is 22.7 Å². The van der Waals surface area contributed by atoms with Crippen LogP contribution in [0.15, 0.2) is 12.1 Å². The van der Waals surface area contributed by atoms with Gasteiger partial charge >= 0.3 is 0 Å². The summed E-state index contributed by atoms with van der Waals surface area (Å²) < 4.78 is 6.20. The Kier molecular flexibility index (Phi) is 2.39. The van der Waals surface area contributed by atoms with E-state index in [9.17, 15) is 5.11 Å². The highest BCUT2D eigenvalue weighted by molar-refractivity contribution is 7.18. The summed E-state index contributed by atoms with van der Waals surface area (Å²) in [5, 5.41) is 10.2. The van der Waals surface area contributed by atoms with Gasteiger partial charge in [-0.05, 0) is 19.1 Å². The lowest BCUT2D eigenvalue weighted by Gasteiger charge is -2.02. The van der Waals surface area contributed by atoms with E-state index in [1.54, 1.807) is 18.4 Å². The molecule has 3 nitrogen and oxygen atoms in total. The van der Waals surface area contributed by atoms with Gasteiger partial charge in [-0.25, -0.2) is 4.98 Å². The molecule has 0 aliphatic heterocycles. The summed E-state index contributed by atoms with van der Waals surface area (Å²) in [5.41, 5.74) is 1.71. The minimum Gasteiger partial charge on any atom is -0.497 e. The molecule has 1 heterocycles. The van der Waals surface area contributed by atoms with Crippen LogP contribution in [0.25, 0.3) is 10.2 Å². The van der Waals surface area contributed by atoms with Crippen molar-refractivity contribution in [1.82, 2.24) is 4.98 Å². The van der Waals surface area contributed by atoms with Crippen molar-refractivity contribution in [2.75, 3.05) is 7.11 Å². The maximum Gasteiger partial charge on any atom is 0.120 e. The summed E-state index contributed by atoms with van der Waals surface area (Å²) in [5.74, 6) is 0.769. The molecule has 0 spiro atoms. The predicted molar refractivity (Wildman–Crippen MR) is 56.8 cm³/mol. The van der Waals surface area contributed by atoms with E-state index in [0.29, 0.717) is 0 Å². The Bertz CT molecular complexity index is 464. The molecular formula is C10H11NO2S. The van der Waals surface area contributed by atoms with Crippen molar-refractivity contribution in [1.29, 1.82) is 0 Å². The van der Waals surface area contributed by atoms with Gasteiger partial charge in [-0.3, -0.25) is 0 Å². The molecule has 0 aliphatic carbocycles. The van der Waals surface area contributed by atoms with Crippen LogP contribution in [0.3, 0.4) is 0 Å². The van der Waals surface area contributed by atoms with Gasteiger partial charge in [-0.2, -0.15) is 0 Å². The minimum absolute atomic E-state index is 0.00310. The van der Waals surface area contributed by atoms with Crippen molar-refractivity contribution >= 4 is 21.6 Å². The molecule has 0 bridgehead atoms. The monoisotopic (exact) mass is 209 g/mol. The highest BCUT2D eigenvalue weighted by atomic mass is 32.1. The largest absolute Gasteiger partial charge is 0.497 e. The van der Waals surface area contributed by atoms with Gasteiger partial charge in [0.2, 0.25) is 0 Å². The van der Waals surface area contributed by atoms with Crippen LogP contribution >= 0.6 is 11.3 Å². The molecule has 74 valence electrons. The topological polar surface area (TPSA) is 42.4 Å². The first-order valence-electron chi connectivity index (χ1n) is 4.29. The highest BCUT2D eigenvalue weighted by Crippen LogP contribution is 2.29. The van der Waals surface area contributed by atoms with E-state index in [1.807, 2.05) is 19.1 Å². The molecule has 2 aromatic rings. The zero-order chi connectivity index (χ0) is 10.1. The first-order chi connectivity index (χ1) is 6.74. The van der Waals surface area contributed by atoms with Crippen molar-refractivity contribution in [2.45, 2.75) is 13.5 Å².